The summed E-state index contributed by atoms with van der Waals surface area (Å²) in [4.78, 5) is 0. The fraction of sp³-hybridized carbons (Fsp3) is 1.00. The van der Waals surface area contributed by atoms with Gasteiger partial charge in [-0.3, -0.25) is 0 Å². The van der Waals surface area contributed by atoms with Crippen molar-refractivity contribution in [2.24, 2.45) is 11.8 Å². The first-order valence-corrected chi connectivity index (χ1v) is 9.42. The van der Waals surface area contributed by atoms with Crippen LogP contribution in [0.3, 0.4) is 0 Å². The molecule has 0 aromatic heterocycles. The third-order valence-electron chi connectivity index (χ3n) is 4.74. The van der Waals surface area contributed by atoms with Gasteiger partial charge < -0.3 is 4.74 Å². The van der Waals surface area contributed by atoms with Crippen LogP contribution in [0.2, 0.25) is 0 Å². The van der Waals surface area contributed by atoms with Crippen LogP contribution in [-0.2, 0) is 4.74 Å². The zero-order valence-electron chi connectivity index (χ0n) is 12.5. The van der Waals surface area contributed by atoms with E-state index in [0.717, 1.165) is 18.4 Å². The maximum absolute atomic E-state index is 6.38. The smallest absolute Gasteiger partial charge is 0.0771 e. The van der Waals surface area contributed by atoms with Crippen LogP contribution in [0, 0.1) is 11.8 Å². The molecule has 0 bridgehead atoms. The summed E-state index contributed by atoms with van der Waals surface area (Å²) in [6.45, 7) is 7.86. The lowest BCUT2D eigenvalue weighted by Crippen LogP contribution is -2.40. The third-order valence-corrected chi connectivity index (χ3v) is 6.13. The summed E-state index contributed by atoms with van der Waals surface area (Å²) in [6, 6.07) is 0. The highest BCUT2D eigenvalue weighted by molar-refractivity contribution is 14.1. The van der Waals surface area contributed by atoms with E-state index in [9.17, 15) is 0 Å². The molecule has 1 fully saturated rings. The van der Waals surface area contributed by atoms with Crippen LogP contribution in [0.4, 0.5) is 0 Å². The first-order valence-electron chi connectivity index (χ1n) is 7.89. The van der Waals surface area contributed by atoms with Gasteiger partial charge in [0.25, 0.3) is 0 Å². The molecule has 0 aromatic rings. The van der Waals surface area contributed by atoms with Crippen molar-refractivity contribution in [2.45, 2.75) is 77.7 Å². The first-order chi connectivity index (χ1) is 8.69. The molecule has 0 aliphatic heterocycles. The highest BCUT2D eigenvalue weighted by Gasteiger charge is 2.35. The predicted molar refractivity (Wildman–Crippen MR) is 88.5 cm³/mol. The van der Waals surface area contributed by atoms with E-state index in [-0.39, 0.29) is 5.60 Å². The highest BCUT2D eigenvalue weighted by atomic mass is 127. The maximum Gasteiger partial charge on any atom is 0.0771 e. The van der Waals surface area contributed by atoms with Gasteiger partial charge in [-0.25, -0.2) is 0 Å². The Labute approximate surface area is 128 Å². The monoisotopic (exact) mass is 366 g/mol. The second-order valence-corrected chi connectivity index (χ2v) is 6.81. The average molecular weight is 366 g/mol. The molecule has 0 unspecified atom stereocenters. The molecule has 1 nitrogen and oxygen atoms in total. The summed E-state index contributed by atoms with van der Waals surface area (Å²) in [5, 5.41) is 0. The molecular formula is C16H31IO. The van der Waals surface area contributed by atoms with E-state index in [4.69, 9.17) is 4.74 Å². The second-order valence-electron chi connectivity index (χ2n) is 6.04. The Bertz CT molecular complexity index is 205. The Morgan fingerprint density at radius 1 is 1.17 bits per heavy atom. The number of halogens is 1. The third kappa shape index (κ3) is 4.99. The maximum atomic E-state index is 6.38. The van der Waals surface area contributed by atoms with E-state index >= 15 is 0 Å². The zero-order chi connectivity index (χ0) is 13.4. The van der Waals surface area contributed by atoms with Crippen molar-refractivity contribution in [3.8, 4) is 0 Å². The number of hydrogen-bond acceptors (Lipinski definition) is 1. The lowest BCUT2D eigenvalue weighted by Gasteiger charge is -2.40. The van der Waals surface area contributed by atoms with Crippen molar-refractivity contribution >= 4 is 22.6 Å². The molecule has 18 heavy (non-hydrogen) atoms. The fourth-order valence-corrected chi connectivity index (χ4v) is 4.02. The number of hydrogen-bond donors (Lipinski definition) is 0. The average Bonchev–Trinajstić information content (AvgIpc) is 2.42. The minimum Gasteiger partial charge on any atom is -0.374 e. The van der Waals surface area contributed by atoms with Gasteiger partial charge in [-0.2, -0.15) is 0 Å². The predicted octanol–water partition coefficient (Wildman–Crippen LogP) is 5.60. The minimum atomic E-state index is 0.216. The zero-order valence-corrected chi connectivity index (χ0v) is 14.7. The summed E-state index contributed by atoms with van der Waals surface area (Å²) in [6.07, 6.45) is 10.6. The van der Waals surface area contributed by atoms with E-state index in [1.807, 2.05) is 0 Å². The van der Waals surface area contributed by atoms with Gasteiger partial charge in [-0.1, -0.05) is 69.0 Å². The van der Waals surface area contributed by atoms with Crippen LogP contribution in [0.5, 0.6) is 0 Å². The van der Waals surface area contributed by atoms with E-state index < -0.39 is 0 Å². The van der Waals surface area contributed by atoms with E-state index in [0.29, 0.717) is 0 Å². The van der Waals surface area contributed by atoms with Gasteiger partial charge in [0, 0.05) is 4.43 Å². The van der Waals surface area contributed by atoms with Gasteiger partial charge in [-0.15, -0.1) is 0 Å². The topological polar surface area (TPSA) is 9.23 Å². The normalized spacial score (nSPS) is 28.8. The first kappa shape index (κ1) is 16.7. The molecule has 0 amide bonds. The molecule has 0 atom stereocenters. The molecule has 2 heteroatoms. The van der Waals surface area contributed by atoms with Gasteiger partial charge in [0.15, 0.2) is 0 Å². The molecule has 0 spiro atoms. The molecule has 1 aliphatic rings. The number of ether oxygens (including phenoxy) is 1. The summed E-state index contributed by atoms with van der Waals surface area (Å²) in [5.74, 6) is 1.74. The molecule has 0 saturated heterocycles. The summed E-state index contributed by atoms with van der Waals surface area (Å²) in [5.41, 5.74) is 0.216. The van der Waals surface area contributed by atoms with Crippen LogP contribution in [0.1, 0.15) is 72.1 Å². The molecular weight excluding hydrogens is 335 g/mol. The Balaban J connectivity index is 2.40. The van der Waals surface area contributed by atoms with E-state index in [1.54, 1.807) is 0 Å². The fourth-order valence-electron chi connectivity index (χ4n) is 3.04. The Morgan fingerprint density at radius 2 is 1.78 bits per heavy atom. The van der Waals surface area contributed by atoms with Crippen molar-refractivity contribution in [1.82, 2.24) is 0 Å². The van der Waals surface area contributed by atoms with Crippen molar-refractivity contribution in [3.63, 3.8) is 0 Å². The molecule has 0 radical (unpaired) electrons. The Hall–Kier alpha value is 0.690. The van der Waals surface area contributed by atoms with E-state index in [1.165, 1.54) is 55.8 Å². The van der Waals surface area contributed by atoms with Crippen LogP contribution >= 0.6 is 22.6 Å². The summed E-state index contributed by atoms with van der Waals surface area (Å²) >= 11 is 2.53. The SMILES string of the molecule is CCCC1CCC(CI)(OCC(CC)CC)CC1. The van der Waals surface area contributed by atoms with Gasteiger partial charge in [0.1, 0.15) is 0 Å². The van der Waals surface area contributed by atoms with Crippen LogP contribution in [0.15, 0.2) is 0 Å². The number of alkyl halides is 1. The van der Waals surface area contributed by atoms with Gasteiger partial charge in [0.05, 0.1) is 12.2 Å². The standard InChI is InChI=1S/C16H31IO/c1-4-7-15-8-10-16(13-17,11-9-15)18-12-14(5-2)6-3/h14-15H,4-13H2,1-3H3. The lowest BCUT2D eigenvalue weighted by molar-refractivity contribution is -0.0735. The molecule has 1 rings (SSSR count). The second kappa shape index (κ2) is 8.78. The Morgan fingerprint density at radius 3 is 2.22 bits per heavy atom. The lowest BCUT2D eigenvalue weighted by atomic mass is 9.78. The quantitative estimate of drug-likeness (QED) is 0.401. The largest absolute Gasteiger partial charge is 0.374 e. The van der Waals surface area contributed by atoms with Gasteiger partial charge in [0.2, 0.25) is 0 Å². The van der Waals surface area contributed by atoms with Crippen LogP contribution in [-0.4, -0.2) is 16.6 Å². The number of rotatable bonds is 8. The molecule has 1 aliphatic carbocycles. The molecule has 0 aromatic carbocycles. The molecule has 1 saturated carbocycles. The molecule has 0 N–H and O–H groups in total. The van der Waals surface area contributed by atoms with Crippen LogP contribution < -0.4 is 0 Å². The van der Waals surface area contributed by atoms with Crippen molar-refractivity contribution < 1.29 is 4.74 Å². The van der Waals surface area contributed by atoms with Crippen LogP contribution in [0.25, 0.3) is 0 Å². The van der Waals surface area contributed by atoms with E-state index in [2.05, 4.69) is 43.4 Å². The van der Waals surface area contributed by atoms with Crippen molar-refractivity contribution in [3.05, 3.63) is 0 Å². The summed E-state index contributed by atoms with van der Waals surface area (Å²) in [7, 11) is 0. The van der Waals surface area contributed by atoms with Crippen molar-refractivity contribution in [1.29, 1.82) is 0 Å². The van der Waals surface area contributed by atoms with Gasteiger partial charge in [-0.05, 0) is 37.5 Å². The van der Waals surface area contributed by atoms with Crippen molar-refractivity contribution in [2.75, 3.05) is 11.0 Å². The molecule has 0 heterocycles. The highest BCUT2D eigenvalue weighted by Crippen LogP contribution is 2.38. The van der Waals surface area contributed by atoms with Gasteiger partial charge >= 0.3 is 0 Å². The minimum absolute atomic E-state index is 0.216. The summed E-state index contributed by atoms with van der Waals surface area (Å²) < 4.78 is 7.55. The Kier molecular flexibility index (Phi) is 8.17. The molecule has 108 valence electrons.